The van der Waals surface area contributed by atoms with E-state index in [9.17, 15) is 4.55 Å². The van der Waals surface area contributed by atoms with Crippen LogP contribution in [0.1, 0.15) is 20.8 Å². The lowest BCUT2D eigenvalue weighted by atomic mass is 10.3. The van der Waals surface area contributed by atoms with Crippen LogP contribution in [0.3, 0.4) is 0 Å². The highest BCUT2D eigenvalue weighted by atomic mass is 32.2. The molecule has 0 aliphatic carbocycles. The first-order valence-electron chi connectivity index (χ1n) is 2.43. The van der Waals surface area contributed by atoms with Crippen molar-refractivity contribution in [3.8, 4) is 0 Å². The van der Waals surface area contributed by atoms with Gasteiger partial charge in [0.15, 0.2) is 0 Å². The lowest BCUT2D eigenvalue weighted by Crippen LogP contribution is -2.36. The fourth-order valence-corrected chi connectivity index (χ4v) is 0.650. The Morgan fingerprint density at radius 1 is 1.50 bits per heavy atom. The van der Waals surface area contributed by atoms with Crippen LogP contribution in [0.4, 0.5) is 0 Å². The average molecular weight is 134 g/mol. The van der Waals surface area contributed by atoms with Gasteiger partial charge < -0.3 is 4.55 Å². The number of hydrogen-bond donors (Lipinski definition) is 1. The summed E-state index contributed by atoms with van der Waals surface area (Å²) in [5, 5.41) is 0. The third-order valence-electron chi connectivity index (χ3n) is 0.687. The summed E-state index contributed by atoms with van der Waals surface area (Å²) in [6, 6.07) is 0. The van der Waals surface area contributed by atoms with Gasteiger partial charge in [0.05, 0.1) is 7.05 Å². The maximum atomic E-state index is 10.8. The molecule has 0 aliphatic heterocycles. The molecule has 1 radical (unpaired) electrons. The summed E-state index contributed by atoms with van der Waals surface area (Å²) in [6.07, 6.45) is 0. The molecule has 8 heavy (non-hydrogen) atoms. The van der Waals surface area contributed by atoms with E-state index in [0.717, 1.165) is 0 Å². The highest BCUT2D eigenvalue weighted by Gasteiger charge is 2.24. The largest absolute Gasteiger partial charge is 0.598 e. The predicted molar refractivity (Wildman–Crippen MR) is 36.4 cm³/mol. The van der Waals surface area contributed by atoms with Crippen molar-refractivity contribution in [2.75, 3.05) is 0 Å². The van der Waals surface area contributed by atoms with Crippen LogP contribution in [-0.4, -0.2) is 9.30 Å². The van der Waals surface area contributed by atoms with E-state index >= 15 is 0 Å². The van der Waals surface area contributed by atoms with Gasteiger partial charge >= 0.3 is 0 Å². The molecular formula is C5H12NOS. The second-order valence-corrected chi connectivity index (χ2v) is 4.58. The molecule has 0 amide bonds. The van der Waals surface area contributed by atoms with Crippen LogP contribution in [0.15, 0.2) is 0 Å². The molecule has 0 spiro atoms. The smallest absolute Gasteiger partial charge is 0.136 e. The van der Waals surface area contributed by atoms with Crippen LogP contribution < -0.4 is 4.72 Å². The van der Waals surface area contributed by atoms with Gasteiger partial charge in [-0.05, 0) is 20.8 Å². The van der Waals surface area contributed by atoms with Gasteiger partial charge in [-0.25, -0.2) is 0 Å². The number of nitrogens with one attached hydrogen (secondary N) is 1. The van der Waals surface area contributed by atoms with E-state index in [1.165, 1.54) is 0 Å². The zero-order valence-electron chi connectivity index (χ0n) is 5.52. The van der Waals surface area contributed by atoms with E-state index in [1.807, 2.05) is 20.8 Å². The molecule has 0 aromatic rings. The summed E-state index contributed by atoms with van der Waals surface area (Å²) in [5.74, 6) is 0. The molecule has 0 saturated carbocycles. The van der Waals surface area contributed by atoms with Crippen molar-refractivity contribution >= 4 is 11.4 Å². The van der Waals surface area contributed by atoms with Crippen LogP contribution in [0.25, 0.3) is 0 Å². The van der Waals surface area contributed by atoms with E-state index < -0.39 is 11.4 Å². The van der Waals surface area contributed by atoms with Gasteiger partial charge in [-0.3, -0.25) is 0 Å². The molecule has 1 atom stereocenters. The van der Waals surface area contributed by atoms with Gasteiger partial charge in [0.2, 0.25) is 0 Å². The van der Waals surface area contributed by atoms with Crippen LogP contribution >= 0.6 is 0 Å². The Hall–Kier alpha value is 0.270. The van der Waals surface area contributed by atoms with E-state index in [2.05, 4.69) is 11.8 Å². The first kappa shape index (κ1) is 8.27. The lowest BCUT2D eigenvalue weighted by molar-refractivity contribution is 0.553. The van der Waals surface area contributed by atoms with E-state index in [0.29, 0.717) is 0 Å². The van der Waals surface area contributed by atoms with E-state index in [1.54, 1.807) is 0 Å². The minimum atomic E-state index is -1.01. The molecule has 2 nitrogen and oxygen atoms in total. The van der Waals surface area contributed by atoms with Crippen molar-refractivity contribution in [2.24, 2.45) is 0 Å². The summed E-state index contributed by atoms with van der Waals surface area (Å²) in [7, 11) is 3.30. The van der Waals surface area contributed by atoms with Gasteiger partial charge in [0.25, 0.3) is 0 Å². The first-order chi connectivity index (χ1) is 3.48. The predicted octanol–water partition coefficient (Wildman–Crippen LogP) is 0.830. The number of hydrogen-bond acceptors (Lipinski definition) is 2. The maximum Gasteiger partial charge on any atom is 0.136 e. The van der Waals surface area contributed by atoms with Crippen molar-refractivity contribution in [2.45, 2.75) is 25.5 Å². The van der Waals surface area contributed by atoms with Crippen LogP contribution in [-0.2, 0) is 11.4 Å². The highest BCUT2D eigenvalue weighted by molar-refractivity contribution is 7.90. The fraction of sp³-hybridized carbons (Fsp3) is 0.800. The Balaban J connectivity index is 3.62. The molecule has 3 heteroatoms. The third-order valence-corrected chi connectivity index (χ3v) is 2.06. The lowest BCUT2D eigenvalue weighted by Gasteiger charge is -2.21. The Morgan fingerprint density at radius 3 is 1.88 bits per heavy atom. The molecule has 0 aromatic carbocycles. The molecular weight excluding hydrogens is 122 g/mol. The third kappa shape index (κ3) is 2.55. The molecule has 49 valence electrons. The molecule has 1 N–H and O–H groups in total. The molecule has 0 rings (SSSR count). The molecule has 0 bridgehead atoms. The molecule has 0 aromatic heterocycles. The van der Waals surface area contributed by atoms with Crippen LogP contribution in [0, 0.1) is 7.05 Å². The zero-order chi connectivity index (χ0) is 6.78. The van der Waals surface area contributed by atoms with Gasteiger partial charge in [0, 0.05) is 11.4 Å². The standard InChI is InChI=1S/C5H12NOS/c1-5(2,3)8(7)6-4/h6H,4H2,1-3H3. The van der Waals surface area contributed by atoms with Gasteiger partial charge in [0.1, 0.15) is 4.75 Å². The molecule has 0 aliphatic rings. The zero-order valence-corrected chi connectivity index (χ0v) is 6.34. The summed E-state index contributed by atoms with van der Waals surface area (Å²) < 4.78 is 13.0. The average Bonchev–Trinajstić information content (AvgIpc) is 1.62. The molecule has 1 unspecified atom stereocenters. The summed E-state index contributed by atoms with van der Waals surface area (Å²) >= 11 is -1.01. The normalized spacial score (nSPS) is 16.1. The van der Waals surface area contributed by atoms with Crippen molar-refractivity contribution in [3.05, 3.63) is 7.05 Å². The SMILES string of the molecule is [CH2]N[S+]([O-])C(C)(C)C. The van der Waals surface area contributed by atoms with E-state index in [4.69, 9.17) is 0 Å². The van der Waals surface area contributed by atoms with Crippen LogP contribution in [0.2, 0.25) is 0 Å². The minimum absolute atomic E-state index is 0.193. The summed E-state index contributed by atoms with van der Waals surface area (Å²) in [4.78, 5) is 0. The number of rotatable bonds is 1. The Morgan fingerprint density at radius 2 is 1.88 bits per heavy atom. The Bertz CT molecular complexity index is 69.3. The second kappa shape index (κ2) is 2.71. The molecule has 0 fully saturated rings. The Kier molecular flexibility index (Phi) is 2.80. The van der Waals surface area contributed by atoms with Gasteiger partial charge in [-0.15, -0.1) is 4.72 Å². The monoisotopic (exact) mass is 134 g/mol. The maximum absolute atomic E-state index is 10.8. The van der Waals surface area contributed by atoms with Crippen molar-refractivity contribution in [3.63, 3.8) is 0 Å². The highest BCUT2D eigenvalue weighted by Crippen LogP contribution is 2.11. The van der Waals surface area contributed by atoms with Crippen molar-refractivity contribution in [1.82, 2.24) is 4.72 Å². The van der Waals surface area contributed by atoms with Crippen molar-refractivity contribution in [1.29, 1.82) is 0 Å². The topological polar surface area (TPSA) is 35.1 Å². The minimum Gasteiger partial charge on any atom is -0.598 e. The quantitative estimate of drug-likeness (QED) is 0.539. The van der Waals surface area contributed by atoms with Gasteiger partial charge in [-0.2, -0.15) is 0 Å². The first-order valence-corrected chi connectivity index (χ1v) is 3.58. The fourth-order valence-electron chi connectivity index (χ4n) is 0.217. The molecule has 0 heterocycles. The second-order valence-electron chi connectivity index (χ2n) is 2.53. The summed E-state index contributed by atoms with van der Waals surface area (Å²) in [5.41, 5.74) is 0. The van der Waals surface area contributed by atoms with Crippen molar-refractivity contribution < 1.29 is 4.55 Å². The van der Waals surface area contributed by atoms with Crippen LogP contribution in [0.5, 0.6) is 0 Å². The Labute approximate surface area is 54.0 Å². The molecule has 0 saturated heterocycles. The summed E-state index contributed by atoms with van der Waals surface area (Å²) in [6.45, 7) is 5.67. The van der Waals surface area contributed by atoms with E-state index in [-0.39, 0.29) is 4.75 Å². The van der Waals surface area contributed by atoms with Gasteiger partial charge in [-0.1, -0.05) is 0 Å².